The van der Waals surface area contributed by atoms with E-state index >= 15 is 0 Å². The highest BCUT2D eigenvalue weighted by molar-refractivity contribution is 6.30. The maximum atomic E-state index is 12.5. The van der Waals surface area contributed by atoms with Crippen LogP contribution in [0.3, 0.4) is 0 Å². The average Bonchev–Trinajstić information content (AvgIpc) is 3.37. The summed E-state index contributed by atoms with van der Waals surface area (Å²) in [6.45, 7) is 3.06. The number of hydrogen-bond donors (Lipinski definition) is 0. The van der Waals surface area contributed by atoms with Gasteiger partial charge in [0.2, 0.25) is 0 Å². The Balaban J connectivity index is 1.31. The summed E-state index contributed by atoms with van der Waals surface area (Å²) in [6.07, 6.45) is 1.52. The Morgan fingerprint density at radius 3 is 2.62 bits per heavy atom. The van der Waals surface area contributed by atoms with Crippen LogP contribution in [0.1, 0.15) is 16.1 Å². The highest BCUT2D eigenvalue weighted by Gasteiger charge is 2.24. The van der Waals surface area contributed by atoms with Crippen molar-refractivity contribution < 1.29 is 13.9 Å². The third-order valence-electron chi connectivity index (χ3n) is 5.57. The summed E-state index contributed by atoms with van der Waals surface area (Å²) in [5, 5.41) is 1.71. The maximum absolute atomic E-state index is 12.5. The summed E-state index contributed by atoms with van der Waals surface area (Å²) < 4.78 is 11.3. The molecule has 4 aromatic rings. The van der Waals surface area contributed by atoms with Crippen LogP contribution < -0.4 is 9.64 Å². The normalized spacial score (nSPS) is 14.0. The molecular weight excluding hydrogens is 426 g/mol. The van der Waals surface area contributed by atoms with Crippen molar-refractivity contribution in [2.45, 2.75) is 6.61 Å². The second-order valence-corrected chi connectivity index (χ2v) is 8.11. The standard InChI is InChI=1S/C25H22ClN3O3/c26-20-6-1-4-18(16-20)17-32-21-7-2-5-19-9-10-23(27-24(19)21)28-11-13-29(14-12-28)25(30)22-8-3-15-31-22/h1-10,15-16H,11-14,17H2. The van der Waals surface area contributed by atoms with Gasteiger partial charge in [0.05, 0.1) is 6.26 Å². The van der Waals surface area contributed by atoms with E-state index in [4.69, 9.17) is 25.7 Å². The Bertz CT molecular complexity index is 1230. The molecule has 162 valence electrons. The number of rotatable bonds is 5. The fraction of sp³-hybridized carbons (Fsp3) is 0.200. The monoisotopic (exact) mass is 447 g/mol. The summed E-state index contributed by atoms with van der Waals surface area (Å²) >= 11 is 6.08. The van der Waals surface area contributed by atoms with Crippen LogP contribution in [0.2, 0.25) is 5.02 Å². The van der Waals surface area contributed by atoms with Gasteiger partial charge in [-0.1, -0.05) is 35.9 Å². The zero-order chi connectivity index (χ0) is 21.9. The Kier molecular flexibility index (Phi) is 5.69. The molecule has 1 aliphatic heterocycles. The Morgan fingerprint density at radius 2 is 1.84 bits per heavy atom. The lowest BCUT2D eigenvalue weighted by Gasteiger charge is -2.35. The number of benzene rings is 2. The van der Waals surface area contributed by atoms with Gasteiger partial charge in [0.15, 0.2) is 5.76 Å². The van der Waals surface area contributed by atoms with Gasteiger partial charge in [-0.25, -0.2) is 4.98 Å². The lowest BCUT2D eigenvalue weighted by Crippen LogP contribution is -2.49. The molecular formula is C25H22ClN3O3. The van der Waals surface area contributed by atoms with Crippen molar-refractivity contribution in [3.63, 3.8) is 0 Å². The van der Waals surface area contributed by atoms with E-state index in [-0.39, 0.29) is 5.91 Å². The number of carbonyl (C=O) groups excluding carboxylic acids is 1. The first kappa shape index (κ1) is 20.4. The lowest BCUT2D eigenvalue weighted by molar-refractivity contribution is 0.0714. The molecule has 1 amide bonds. The van der Waals surface area contributed by atoms with Crippen molar-refractivity contribution in [2.75, 3.05) is 31.1 Å². The van der Waals surface area contributed by atoms with Crippen LogP contribution in [-0.4, -0.2) is 42.0 Å². The zero-order valence-electron chi connectivity index (χ0n) is 17.4. The molecule has 0 bridgehead atoms. The van der Waals surface area contributed by atoms with E-state index in [2.05, 4.69) is 11.0 Å². The van der Waals surface area contributed by atoms with Gasteiger partial charge >= 0.3 is 0 Å². The number of pyridine rings is 1. The number of furan rings is 1. The summed E-state index contributed by atoms with van der Waals surface area (Å²) in [4.78, 5) is 21.4. The average molecular weight is 448 g/mol. The second kappa shape index (κ2) is 8.93. The summed E-state index contributed by atoms with van der Waals surface area (Å²) in [5.74, 6) is 1.92. The number of hydrogen-bond acceptors (Lipinski definition) is 5. The van der Waals surface area contributed by atoms with Gasteiger partial charge in [-0.05, 0) is 48.0 Å². The molecule has 1 fully saturated rings. The van der Waals surface area contributed by atoms with Gasteiger partial charge in [0, 0.05) is 36.6 Å². The third-order valence-corrected chi connectivity index (χ3v) is 5.81. The molecule has 0 unspecified atom stereocenters. The van der Waals surface area contributed by atoms with E-state index < -0.39 is 0 Å². The molecule has 0 saturated carbocycles. The molecule has 0 N–H and O–H groups in total. The summed E-state index contributed by atoms with van der Waals surface area (Å²) in [7, 11) is 0. The molecule has 0 spiro atoms. The largest absolute Gasteiger partial charge is 0.487 e. The van der Waals surface area contributed by atoms with Gasteiger partial charge in [-0.2, -0.15) is 0 Å². The first-order chi connectivity index (χ1) is 15.7. The quantitative estimate of drug-likeness (QED) is 0.430. The molecule has 7 heteroatoms. The molecule has 2 aromatic heterocycles. The number of fused-ring (bicyclic) bond motifs is 1. The molecule has 3 heterocycles. The minimum atomic E-state index is -0.0715. The Labute approximate surface area is 191 Å². The molecule has 2 aromatic carbocycles. The molecule has 32 heavy (non-hydrogen) atoms. The Morgan fingerprint density at radius 1 is 1.00 bits per heavy atom. The van der Waals surface area contributed by atoms with Crippen molar-refractivity contribution in [1.29, 1.82) is 0 Å². The number of anilines is 1. The number of aromatic nitrogens is 1. The van der Waals surface area contributed by atoms with Crippen molar-refractivity contribution in [2.24, 2.45) is 0 Å². The van der Waals surface area contributed by atoms with Crippen molar-refractivity contribution >= 4 is 34.2 Å². The summed E-state index contributed by atoms with van der Waals surface area (Å²) in [5.41, 5.74) is 1.82. The van der Waals surface area contributed by atoms with Crippen molar-refractivity contribution in [3.05, 3.63) is 89.3 Å². The van der Waals surface area contributed by atoms with E-state index in [1.54, 1.807) is 12.1 Å². The van der Waals surface area contributed by atoms with E-state index in [1.807, 2.05) is 53.4 Å². The molecule has 6 nitrogen and oxygen atoms in total. The van der Waals surface area contributed by atoms with E-state index in [0.717, 1.165) is 28.0 Å². The number of carbonyl (C=O) groups is 1. The second-order valence-electron chi connectivity index (χ2n) is 7.67. The van der Waals surface area contributed by atoms with Gasteiger partial charge in [-0.15, -0.1) is 0 Å². The number of ether oxygens (including phenoxy) is 1. The van der Waals surface area contributed by atoms with Crippen molar-refractivity contribution in [1.82, 2.24) is 9.88 Å². The SMILES string of the molecule is O=C(c1ccco1)N1CCN(c2ccc3cccc(OCc4cccc(Cl)c4)c3n2)CC1. The highest BCUT2D eigenvalue weighted by Crippen LogP contribution is 2.28. The summed E-state index contributed by atoms with van der Waals surface area (Å²) in [6, 6.07) is 21.1. The first-order valence-electron chi connectivity index (χ1n) is 10.5. The van der Waals surface area contributed by atoms with Gasteiger partial charge in [-0.3, -0.25) is 4.79 Å². The van der Waals surface area contributed by atoms with Crippen LogP contribution in [0.5, 0.6) is 5.75 Å². The predicted octanol–water partition coefficient (Wildman–Crippen LogP) is 5.02. The van der Waals surface area contributed by atoms with Crippen LogP contribution in [0.15, 0.2) is 77.4 Å². The lowest BCUT2D eigenvalue weighted by atomic mass is 10.2. The fourth-order valence-electron chi connectivity index (χ4n) is 3.88. The molecule has 0 atom stereocenters. The van der Waals surface area contributed by atoms with Gasteiger partial charge in [0.1, 0.15) is 23.7 Å². The smallest absolute Gasteiger partial charge is 0.289 e. The maximum Gasteiger partial charge on any atom is 0.289 e. The molecule has 1 saturated heterocycles. The number of amides is 1. The van der Waals surface area contributed by atoms with Gasteiger partial charge < -0.3 is 19.0 Å². The van der Waals surface area contributed by atoms with Gasteiger partial charge in [0.25, 0.3) is 5.91 Å². The minimum Gasteiger partial charge on any atom is -0.487 e. The molecule has 0 aliphatic carbocycles. The van der Waals surface area contributed by atoms with Crippen LogP contribution >= 0.6 is 11.6 Å². The molecule has 0 radical (unpaired) electrons. The third kappa shape index (κ3) is 4.27. The number of halogens is 1. The Hall–Kier alpha value is -3.51. The first-order valence-corrected chi connectivity index (χ1v) is 10.9. The number of para-hydroxylation sites is 1. The number of nitrogens with zero attached hydrogens (tertiary/aromatic N) is 3. The minimum absolute atomic E-state index is 0.0715. The van der Waals surface area contributed by atoms with E-state index in [1.165, 1.54) is 6.26 Å². The molecule has 5 rings (SSSR count). The predicted molar refractivity (Wildman–Crippen MR) is 124 cm³/mol. The van der Waals surface area contributed by atoms with Crippen LogP contribution in [0.4, 0.5) is 5.82 Å². The fourth-order valence-corrected chi connectivity index (χ4v) is 4.10. The zero-order valence-corrected chi connectivity index (χ0v) is 18.2. The van der Waals surface area contributed by atoms with Crippen LogP contribution in [0, 0.1) is 0 Å². The molecule has 1 aliphatic rings. The number of piperazine rings is 1. The van der Waals surface area contributed by atoms with E-state index in [9.17, 15) is 4.79 Å². The van der Waals surface area contributed by atoms with E-state index in [0.29, 0.717) is 43.6 Å². The highest BCUT2D eigenvalue weighted by atomic mass is 35.5. The van der Waals surface area contributed by atoms with Crippen LogP contribution in [-0.2, 0) is 6.61 Å². The topological polar surface area (TPSA) is 58.8 Å². The van der Waals surface area contributed by atoms with Crippen molar-refractivity contribution in [3.8, 4) is 5.75 Å². The van der Waals surface area contributed by atoms with Crippen LogP contribution in [0.25, 0.3) is 10.9 Å².